The largest absolute Gasteiger partial charge is 0.477 e. The molecule has 4 nitrogen and oxygen atoms in total. The van der Waals surface area contributed by atoms with Gasteiger partial charge in [-0.05, 0) is 25.5 Å². The molecule has 0 aromatic carbocycles. The summed E-state index contributed by atoms with van der Waals surface area (Å²) in [5.74, 6) is -0.850. The number of aromatic nitrogens is 1. The van der Waals surface area contributed by atoms with E-state index in [2.05, 4.69) is 4.98 Å². The summed E-state index contributed by atoms with van der Waals surface area (Å²) in [6.07, 6.45) is 5.15. The maximum atomic E-state index is 10.9. The Balaban J connectivity index is 2.95. The first-order chi connectivity index (χ1) is 7.16. The van der Waals surface area contributed by atoms with Gasteiger partial charge in [0.15, 0.2) is 0 Å². The molecular formula is C11H13NO3. The van der Waals surface area contributed by atoms with Gasteiger partial charge in [0.25, 0.3) is 0 Å². The van der Waals surface area contributed by atoms with Crippen molar-refractivity contribution in [2.75, 3.05) is 6.61 Å². The Morgan fingerprint density at radius 1 is 1.67 bits per heavy atom. The standard InChI is InChI=1S/C11H13NO3/c1-3-4-7-15-10-9(11(13)14)8(2)5-6-12-10/h3-6H,7H2,1-2H3,(H,13,14)/b4-3+. The molecule has 0 amide bonds. The second-order valence-electron chi connectivity index (χ2n) is 2.99. The van der Waals surface area contributed by atoms with Crippen molar-refractivity contribution in [1.29, 1.82) is 0 Å². The highest BCUT2D eigenvalue weighted by Gasteiger charge is 2.14. The molecule has 0 aliphatic heterocycles. The number of aryl methyl sites for hydroxylation is 1. The third-order valence-electron chi connectivity index (χ3n) is 1.89. The molecule has 1 heterocycles. The number of ether oxygens (including phenoxy) is 1. The Labute approximate surface area is 88.2 Å². The Hall–Kier alpha value is -1.84. The smallest absolute Gasteiger partial charge is 0.341 e. The number of allylic oxidation sites excluding steroid dienone is 1. The van der Waals surface area contributed by atoms with E-state index in [4.69, 9.17) is 9.84 Å². The molecule has 1 aromatic heterocycles. The van der Waals surface area contributed by atoms with Gasteiger partial charge in [-0.2, -0.15) is 0 Å². The molecule has 0 bridgehead atoms. The second-order valence-corrected chi connectivity index (χ2v) is 2.99. The molecule has 0 spiro atoms. The van der Waals surface area contributed by atoms with Crippen LogP contribution in [0.2, 0.25) is 0 Å². The number of rotatable bonds is 4. The molecule has 0 aliphatic rings. The zero-order valence-electron chi connectivity index (χ0n) is 8.73. The minimum atomic E-state index is -1.02. The van der Waals surface area contributed by atoms with Crippen LogP contribution in [0.15, 0.2) is 24.4 Å². The van der Waals surface area contributed by atoms with Crippen molar-refractivity contribution in [2.24, 2.45) is 0 Å². The predicted molar refractivity (Wildman–Crippen MR) is 56.2 cm³/mol. The number of carbonyl (C=O) groups is 1. The lowest BCUT2D eigenvalue weighted by Crippen LogP contribution is -2.07. The minimum Gasteiger partial charge on any atom is -0.477 e. The van der Waals surface area contributed by atoms with E-state index >= 15 is 0 Å². The fraction of sp³-hybridized carbons (Fsp3) is 0.273. The van der Waals surface area contributed by atoms with Gasteiger partial charge >= 0.3 is 5.97 Å². The molecule has 4 heteroatoms. The first-order valence-corrected chi connectivity index (χ1v) is 4.59. The highest BCUT2D eigenvalue weighted by atomic mass is 16.5. The highest BCUT2D eigenvalue weighted by molar-refractivity contribution is 5.91. The lowest BCUT2D eigenvalue weighted by atomic mass is 10.1. The quantitative estimate of drug-likeness (QED) is 0.767. The van der Waals surface area contributed by atoms with Crippen molar-refractivity contribution in [3.63, 3.8) is 0 Å². The van der Waals surface area contributed by atoms with Crippen LogP contribution in [-0.2, 0) is 0 Å². The van der Waals surface area contributed by atoms with E-state index < -0.39 is 5.97 Å². The Kier molecular flexibility index (Phi) is 3.85. The fourth-order valence-corrected chi connectivity index (χ4v) is 1.13. The first kappa shape index (κ1) is 11.2. The summed E-state index contributed by atoms with van der Waals surface area (Å²) < 4.78 is 5.24. The van der Waals surface area contributed by atoms with Crippen molar-refractivity contribution in [3.05, 3.63) is 35.5 Å². The summed E-state index contributed by atoms with van der Waals surface area (Å²) in [6.45, 7) is 3.91. The minimum absolute atomic E-state index is 0.127. The molecule has 15 heavy (non-hydrogen) atoms. The predicted octanol–water partition coefficient (Wildman–Crippen LogP) is 2.04. The van der Waals surface area contributed by atoms with Gasteiger partial charge in [-0.15, -0.1) is 0 Å². The normalized spacial score (nSPS) is 10.5. The van der Waals surface area contributed by atoms with Gasteiger partial charge < -0.3 is 9.84 Å². The van der Waals surface area contributed by atoms with Crippen molar-refractivity contribution < 1.29 is 14.6 Å². The van der Waals surface area contributed by atoms with Crippen LogP contribution in [0.4, 0.5) is 0 Å². The van der Waals surface area contributed by atoms with Gasteiger partial charge in [0.2, 0.25) is 5.88 Å². The Morgan fingerprint density at radius 3 is 3.00 bits per heavy atom. The number of carboxylic acids is 1. The Morgan fingerprint density at radius 2 is 2.40 bits per heavy atom. The summed E-state index contributed by atoms with van der Waals surface area (Å²) in [4.78, 5) is 14.8. The highest BCUT2D eigenvalue weighted by Crippen LogP contribution is 2.18. The number of nitrogens with zero attached hydrogens (tertiary/aromatic N) is 1. The fourth-order valence-electron chi connectivity index (χ4n) is 1.13. The van der Waals surface area contributed by atoms with E-state index in [0.717, 1.165) is 0 Å². The van der Waals surface area contributed by atoms with Crippen molar-refractivity contribution in [1.82, 2.24) is 4.98 Å². The third kappa shape index (κ3) is 2.80. The molecule has 0 saturated heterocycles. The molecule has 0 fully saturated rings. The average Bonchev–Trinajstić information content (AvgIpc) is 2.17. The van der Waals surface area contributed by atoms with Crippen LogP contribution in [0.25, 0.3) is 0 Å². The summed E-state index contributed by atoms with van der Waals surface area (Å²) in [5.41, 5.74) is 0.773. The number of carboxylic acid groups (broad SMARTS) is 1. The average molecular weight is 207 g/mol. The van der Waals surface area contributed by atoms with Gasteiger partial charge in [0, 0.05) is 6.20 Å². The maximum Gasteiger partial charge on any atom is 0.341 e. The second kappa shape index (κ2) is 5.14. The third-order valence-corrected chi connectivity index (χ3v) is 1.89. The van der Waals surface area contributed by atoms with Crippen LogP contribution in [0, 0.1) is 6.92 Å². The number of hydrogen-bond acceptors (Lipinski definition) is 3. The van der Waals surface area contributed by atoms with Crippen LogP contribution < -0.4 is 4.74 Å². The van der Waals surface area contributed by atoms with Crippen molar-refractivity contribution >= 4 is 5.97 Å². The summed E-state index contributed by atoms with van der Waals surface area (Å²) in [5, 5.41) is 8.96. The zero-order chi connectivity index (χ0) is 11.3. The molecule has 1 N–H and O–H groups in total. The van der Waals surface area contributed by atoms with Crippen LogP contribution >= 0.6 is 0 Å². The zero-order valence-corrected chi connectivity index (χ0v) is 8.73. The molecule has 0 aliphatic carbocycles. The number of aromatic carboxylic acids is 1. The molecule has 0 saturated carbocycles. The van der Waals surface area contributed by atoms with E-state index in [1.165, 1.54) is 6.20 Å². The number of hydrogen-bond donors (Lipinski definition) is 1. The van der Waals surface area contributed by atoms with Gasteiger partial charge in [0.1, 0.15) is 12.2 Å². The molecule has 80 valence electrons. The van der Waals surface area contributed by atoms with E-state index in [1.807, 2.05) is 13.0 Å². The lowest BCUT2D eigenvalue weighted by molar-refractivity contribution is 0.0691. The van der Waals surface area contributed by atoms with Crippen LogP contribution in [0.3, 0.4) is 0 Å². The summed E-state index contributed by atoms with van der Waals surface area (Å²) >= 11 is 0. The molecule has 0 atom stereocenters. The van der Waals surface area contributed by atoms with Crippen molar-refractivity contribution in [2.45, 2.75) is 13.8 Å². The molecular weight excluding hydrogens is 194 g/mol. The molecule has 0 radical (unpaired) electrons. The van der Waals surface area contributed by atoms with E-state index in [-0.39, 0.29) is 11.4 Å². The van der Waals surface area contributed by atoms with Gasteiger partial charge in [-0.3, -0.25) is 0 Å². The maximum absolute atomic E-state index is 10.9. The van der Waals surface area contributed by atoms with Gasteiger partial charge in [-0.1, -0.05) is 12.2 Å². The lowest BCUT2D eigenvalue weighted by Gasteiger charge is -2.07. The topological polar surface area (TPSA) is 59.4 Å². The van der Waals surface area contributed by atoms with Gasteiger partial charge in [-0.25, -0.2) is 9.78 Å². The number of pyridine rings is 1. The van der Waals surface area contributed by atoms with Crippen molar-refractivity contribution in [3.8, 4) is 5.88 Å². The first-order valence-electron chi connectivity index (χ1n) is 4.59. The van der Waals surface area contributed by atoms with E-state index in [0.29, 0.717) is 12.2 Å². The SMILES string of the molecule is C/C=C/COc1nccc(C)c1C(=O)O. The summed E-state index contributed by atoms with van der Waals surface area (Å²) in [6, 6.07) is 1.64. The van der Waals surface area contributed by atoms with E-state index in [9.17, 15) is 4.79 Å². The molecule has 1 rings (SSSR count). The van der Waals surface area contributed by atoms with Gasteiger partial charge in [0.05, 0.1) is 0 Å². The van der Waals surface area contributed by atoms with Crippen LogP contribution in [0.1, 0.15) is 22.8 Å². The monoisotopic (exact) mass is 207 g/mol. The van der Waals surface area contributed by atoms with Crippen LogP contribution in [-0.4, -0.2) is 22.7 Å². The van der Waals surface area contributed by atoms with E-state index in [1.54, 1.807) is 19.1 Å². The Bertz CT molecular complexity index is 385. The summed E-state index contributed by atoms with van der Waals surface area (Å²) in [7, 11) is 0. The molecule has 1 aromatic rings. The van der Waals surface area contributed by atoms with Crippen LogP contribution in [0.5, 0.6) is 5.88 Å². The molecule has 0 unspecified atom stereocenters.